The number of nitrogens with zero attached hydrogens (tertiary/aromatic N) is 1. The number of carbonyl (C=O) groups excluding carboxylic acids is 2. The number of fused-ring (bicyclic) bond motifs is 1. The molecule has 0 spiro atoms. The lowest BCUT2D eigenvalue weighted by atomic mass is 10.1. The molecule has 2 heterocycles. The first-order valence-electron chi connectivity index (χ1n) is 7.13. The zero-order valence-electron chi connectivity index (χ0n) is 13.2. The van der Waals surface area contributed by atoms with Crippen molar-refractivity contribution in [2.75, 3.05) is 12.4 Å². The van der Waals surface area contributed by atoms with Crippen molar-refractivity contribution in [2.24, 2.45) is 0 Å². The number of amides is 2. The number of hydrogen-bond donors (Lipinski definition) is 2. The highest BCUT2D eigenvalue weighted by atomic mass is 16.6. The largest absolute Gasteiger partial charge is 0.481 e. The molecule has 120 valence electrons. The Morgan fingerprint density at radius 2 is 2.14 bits per heavy atom. The Balaban J connectivity index is 2.06. The minimum atomic E-state index is -0.657. The van der Waals surface area contributed by atoms with Gasteiger partial charge in [-0.05, 0) is 45.2 Å². The van der Waals surface area contributed by atoms with E-state index in [9.17, 15) is 9.59 Å². The van der Waals surface area contributed by atoms with E-state index in [-0.39, 0.29) is 5.91 Å². The SMILES string of the molecule is COc1ccc2c(n1)NC(=O)[C@@H](NC(=O)OC(C)(C)C)CC2. The van der Waals surface area contributed by atoms with Gasteiger partial charge in [-0.2, -0.15) is 4.98 Å². The van der Waals surface area contributed by atoms with Gasteiger partial charge in [0, 0.05) is 6.07 Å². The minimum Gasteiger partial charge on any atom is -0.481 e. The summed E-state index contributed by atoms with van der Waals surface area (Å²) >= 11 is 0. The first-order chi connectivity index (χ1) is 10.3. The quantitative estimate of drug-likeness (QED) is 0.870. The van der Waals surface area contributed by atoms with Gasteiger partial charge >= 0.3 is 6.09 Å². The first-order valence-corrected chi connectivity index (χ1v) is 7.13. The van der Waals surface area contributed by atoms with E-state index in [1.165, 1.54) is 7.11 Å². The maximum absolute atomic E-state index is 12.2. The molecule has 1 aliphatic rings. The van der Waals surface area contributed by atoms with Gasteiger partial charge in [-0.3, -0.25) is 4.79 Å². The molecule has 7 heteroatoms. The summed E-state index contributed by atoms with van der Waals surface area (Å²) in [7, 11) is 1.51. The van der Waals surface area contributed by atoms with Crippen molar-refractivity contribution in [1.82, 2.24) is 10.3 Å². The highest BCUT2D eigenvalue weighted by Crippen LogP contribution is 2.23. The molecular formula is C15H21N3O4. The van der Waals surface area contributed by atoms with Gasteiger partial charge < -0.3 is 20.1 Å². The van der Waals surface area contributed by atoms with Crippen molar-refractivity contribution < 1.29 is 19.1 Å². The van der Waals surface area contributed by atoms with Crippen LogP contribution in [-0.2, 0) is 16.0 Å². The van der Waals surface area contributed by atoms with Gasteiger partial charge in [0.2, 0.25) is 11.8 Å². The van der Waals surface area contributed by atoms with E-state index in [1.807, 2.05) is 6.07 Å². The molecule has 22 heavy (non-hydrogen) atoms. The smallest absolute Gasteiger partial charge is 0.408 e. The lowest BCUT2D eigenvalue weighted by Gasteiger charge is -2.22. The van der Waals surface area contributed by atoms with Crippen LogP contribution in [0.25, 0.3) is 0 Å². The van der Waals surface area contributed by atoms with Gasteiger partial charge in [-0.25, -0.2) is 4.79 Å². The van der Waals surface area contributed by atoms with Crippen molar-refractivity contribution in [3.05, 3.63) is 17.7 Å². The van der Waals surface area contributed by atoms with Crippen LogP contribution in [0, 0.1) is 0 Å². The molecule has 0 aromatic carbocycles. The molecule has 0 aliphatic carbocycles. The van der Waals surface area contributed by atoms with E-state index in [2.05, 4.69) is 15.6 Å². The van der Waals surface area contributed by atoms with Gasteiger partial charge in [0.15, 0.2) is 0 Å². The normalized spacial score (nSPS) is 17.8. The standard InChI is InChI=1S/C15H21N3O4/c1-15(2,3)22-14(20)16-10-7-5-9-6-8-11(21-4)17-12(9)18-13(10)19/h6,8,10H,5,7H2,1-4H3,(H,16,20)(H,17,18,19)/t10-/m0/s1. The summed E-state index contributed by atoms with van der Waals surface area (Å²) in [6, 6.07) is 2.94. The Morgan fingerprint density at radius 3 is 2.77 bits per heavy atom. The summed E-state index contributed by atoms with van der Waals surface area (Å²) in [4.78, 5) is 28.2. The molecule has 2 N–H and O–H groups in total. The fraction of sp³-hybridized carbons (Fsp3) is 0.533. The van der Waals surface area contributed by atoms with E-state index in [4.69, 9.17) is 9.47 Å². The van der Waals surface area contributed by atoms with Crippen LogP contribution in [0.1, 0.15) is 32.8 Å². The lowest BCUT2D eigenvalue weighted by molar-refractivity contribution is -0.118. The number of rotatable bonds is 2. The summed E-state index contributed by atoms with van der Waals surface area (Å²) in [5, 5.41) is 5.31. The molecule has 0 saturated carbocycles. The molecule has 1 aromatic heterocycles. The highest BCUT2D eigenvalue weighted by Gasteiger charge is 2.28. The molecule has 0 saturated heterocycles. The number of ether oxygens (including phenoxy) is 2. The Hall–Kier alpha value is -2.31. The van der Waals surface area contributed by atoms with E-state index in [0.717, 1.165) is 5.56 Å². The second-order valence-corrected chi connectivity index (χ2v) is 6.09. The number of alkyl carbamates (subject to hydrolysis) is 1. The van der Waals surface area contributed by atoms with Crippen LogP contribution < -0.4 is 15.4 Å². The number of hydrogen-bond acceptors (Lipinski definition) is 5. The lowest BCUT2D eigenvalue weighted by Crippen LogP contribution is -2.45. The van der Waals surface area contributed by atoms with Crippen LogP contribution in [-0.4, -0.2) is 35.7 Å². The number of carbonyl (C=O) groups is 2. The maximum atomic E-state index is 12.2. The third-order valence-corrected chi connectivity index (χ3v) is 3.11. The van der Waals surface area contributed by atoms with Crippen molar-refractivity contribution in [3.8, 4) is 5.88 Å². The first kappa shape index (κ1) is 16.1. The van der Waals surface area contributed by atoms with Gasteiger partial charge in [-0.1, -0.05) is 0 Å². The summed E-state index contributed by atoms with van der Waals surface area (Å²) in [5.74, 6) is 0.584. The van der Waals surface area contributed by atoms with Crippen LogP contribution in [0.2, 0.25) is 0 Å². The van der Waals surface area contributed by atoms with Crippen molar-refractivity contribution in [3.63, 3.8) is 0 Å². The van der Waals surface area contributed by atoms with Crippen molar-refractivity contribution in [2.45, 2.75) is 45.3 Å². The Morgan fingerprint density at radius 1 is 1.41 bits per heavy atom. The number of aromatic nitrogens is 1. The van der Waals surface area contributed by atoms with Crippen LogP contribution in [0.4, 0.5) is 10.6 Å². The number of methoxy groups -OCH3 is 1. The van der Waals surface area contributed by atoms with E-state index >= 15 is 0 Å². The second kappa shape index (κ2) is 6.21. The number of nitrogens with one attached hydrogen (secondary N) is 2. The molecule has 7 nitrogen and oxygen atoms in total. The van der Waals surface area contributed by atoms with Gasteiger partial charge in [0.25, 0.3) is 0 Å². The second-order valence-electron chi connectivity index (χ2n) is 6.09. The molecular weight excluding hydrogens is 286 g/mol. The Bertz CT molecular complexity index is 581. The molecule has 0 radical (unpaired) electrons. The molecule has 2 amide bonds. The molecule has 1 aromatic rings. The highest BCUT2D eigenvalue weighted by molar-refractivity contribution is 5.97. The molecule has 0 fully saturated rings. The third-order valence-electron chi connectivity index (χ3n) is 3.11. The van der Waals surface area contributed by atoms with E-state index < -0.39 is 17.7 Å². The fourth-order valence-electron chi connectivity index (χ4n) is 2.12. The summed E-state index contributed by atoms with van der Waals surface area (Å²) < 4.78 is 10.2. The molecule has 0 unspecified atom stereocenters. The monoisotopic (exact) mass is 307 g/mol. The van der Waals surface area contributed by atoms with Gasteiger partial charge in [0.1, 0.15) is 17.5 Å². The third kappa shape index (κ3) is 4.09. The van der Waals surface area contributed by atoms with E-state index in [0.29, 0.717) is 24.5 Å². The van der Waals surface area contributed by atoms with Crippen LogP contribution >= 0.6 is 0 Å². The predicted octanol–water partition coefficient (Wildman–Crippen LogP) is 1.87. The summed E-state index contributed by atoms with van der Waals surface area (Å²) in [6.45, 7) is 5.31. The molecule has 1 aliphatic heterocycles. The molecule has 2 rings (SSSR count). The minimum absolute atomic E-state index is 0.314. The zero-order chi connectivity index (χ0) is 16.3. The number of aryl methyl sites for hydroxylation is 1. The summed E-state index contributed by atoms with van der Waals surface area (Å²) in [6.07, 6.45) is 0.488. The zero-order valence-corrected chi connectivity index (χ0v) is 13.2. The molecule has 0 bridgehead atoms. The number of pyridine rings is 1. The Kier molecular flexibility index (Phi) is 4.54. The van der Waals surface area contributed by atoms with E-state index in [1.54, 1.807) is 26.8 Å². The average Bonchev–Trinajstić information content (AvgIpc) is 2.56. The topological polar surface area (TPSA) is 89.5 Å². The maximum Gasteiger partial charge on any atom is 0.408 e. The number of anilines is 1. The predicted molar refractivity (Wildman–Crippen MR) is 80.9 cm³/mol. The van der Waals surface area contributed by atoms with Gasteiger partial charge in [0.05, 0.1) is 7.11 Å². The molecule has 1 atom stereocenters. The van der Waals surface area contributed by atoms with Crippen LogP contribution in [0.5, 0.6) is 5.88 Å². The van der Waals surface area contributed by atoms with Crippen LogP contribution in [0.15, 0.2) is 12.1 Å². The van der Waals surface area contributed by atoms with Crippen molar-refractivity contribution >= 4 is 17.8 Å². The van der Waals surface area contributed by atoms with Crippen LogP contribution in [0.3, 0.4) is 0 Å². The Labute approximate surface area is 129 Å². The fourth-order valence-corrected chi connectivity index (χ4v) is 2.12. The van der Waals surface area contributed by atoms with Crippen molar-refractivity contribution in [1.29, 1.82) is 0 Å². The van der Waals surface area contributed by atoms with Gasteiger partial charge in [-0.15, -0.1) is 0 Å². The average molecular weight is 307 g/mol. The summed E-state index contributed by atoms with van der Waals surface area (Å²) in [5.41, 5.74) is 0.297.